The Hall–Kier alpha value is -1.55. The highest BCUT2D eigenvalue weighted by Crippen LogP contribution is 2.18. The molecule has 1 N–H and O–H groups in total. The summed E-state index contributed by atoms with van der Waals surface area (Å²) < 4.78 is 1.73. The molecule has 1 unspecified atom stereocenters. The van der Waals surface area contributed by atoms with Gasteiger partial charge in [-0.15, -0.1) is 11.6 Å². The first-order chi connectivity index (χ1) is 9.54. The molecule has 0 spiro atoms. The number of para-hydroxylation sites is 1. The van der Waals surface area contributed by atoms with Crippen LogP contribution >= 0.6 is 11.6 Å². The number of hydrogen-bond acceptors (Lipinski definition) is 2. The van der Waals surface area contributed by atoms with Crippen molar-refractivity contribution in [3.8, 4) is 0 Å². The quantitative estimate of drug-likeness (QED) is 0.862. The van der Waals surface area contributed by atoms with Crippen molar-refractivity contribution >= 4 is 28.4 Å². The molecule has 0 saturated carbocycles. The van der Waals surface area contributed by atoms with Gasteiger partial charge in [-0.25, -0.2) is 0 Å². The number of aromatic nitrogens is 2. The number of benzene rings is 1. The summed E-state index contributed by atoms with van der Waals surface area (Å²) in [6, 6.07) is 7.80. The van der Waals surface area contributed by atoms with Gasteiger partial charge < -0.3 is 5.32 Å². The molecule has 5 heteroatoms. The van der Waals surface area contributed by atoms with Gasteiger partial charge >= 0.3 is 0 Å². The van der Waals surface area contributed by atoms with Gasteiger partial charge in [0.1, 0.15) is 0 Å². The first-order valence-electron chi connectivity index (χ1n) is 6.83. The zero-order valence-electron chi connectivity index (χ0n) is 12.1. The number of amides is 1. The number of alkyl halides is 1. The van der Waals surface area contributed by atoms with E-state index in [2.05, 4.69) is 24.3 Å². The number of nitrogens with one attached hydrogen (secondary N) is 1. The molecule has 108 valence electrons. The molecule has 1 amide bonds. The third-order valence-electron chi connectivity index (χ3n) is 3.51. The molecule has 0 aliphatic carbocycles. The first kappa shape index (κ1) is 14.9. The number of carbonyl (C=O) groups is 1. The molecule has 0 radical (unpaired) electrons. The van der Waals surface area contributed by atoms with Crippen molar-refractivity contribution in [2.24, 2.45) is 13.0 Å². The van der Waals surface area contributed by atoms with Gasteiger partial charge in [0.05, 0.1) is 5.52 Å². The molecule has 1 aromatic heterocycles. The van der Waals surface area contributed by atoms with E-state index in [1.165, 1.54) is 0 Å². The Morgan fingerprint density at radius 2 is 2.10 bits per heavy atom. The highest BCUT2D eigenvalue weighted by molar-refractivity contribution is 6.17. The smallest absolute Gasteiger partial charge is 0.272 e. The largest absolute Gasteiger partial charge is 0.348 e. The molecule has 20 heavy (non-hydrogen) atoms. The van der Waals surface area contributed by atoms with E-state index in [-0.39, 0.29) is 11.9 Å². The number of halogens is 1. The second kappa shape index (κ2) is 6.27. The van der Waals surface area contributed by atoms with Crippen LogP contribution in [-0.2, 0) is 7.05 Å². The molecule has 4 nitrogen and oxygen atoms in total. The van der Waals surface area contributed by atoms with Gasteiger partial charge in [0.25, 0.3) is 5.91 Å². The van der Waals surface area contributed by atoms with Crippen LogP contribution < -0.4 is 5.32 Å². The molecular formula is C15H20ClN3O. The van der Waals surface area contributed by atoms with Gasteiger partial charge in [0, 0.05) is 24.4 Å². The third-order valence-corrected chi connectivity index (χ3v) is 3.73. The molecule has 1 heterocycles. The average Bonchev–Trinajstić information content (AvgIpc) is 2.76. The molecule has 0 aliphatic heterocycles. The zero-order valence-corrected chi connectivity index (χ0v) is 12.8. The van der Waals surface area contributed by atoms with E-state index >= 15 is 0 Å². The normalized spacial score (nSPS) is 12.8. The molecule has 1 aromatic carbocycles. The van der Waals surface area contributed by atoms with Gasteiger partial charge in [0.2, 0.25) is 0 Å². The van der Waals surface area contributed by atoms with Crippen molar-refractivity contribution in [1.29, 1.82) is 0 Å². The van der Waals surface area contributed by atoms with Gasteiger partial charge in [-0.1, -0.05) is 32.0 Å². The second-order valence-electron chi connectivity index (χ2n) is 5.29. The summed E-state index contributed by atoms with van der Waals surface area (Å²) in [5.74, 6) is 0.741. The molecular weight excluding hydrogens is 274 g/mol. The Morgan fingerprint density at radius 3 is 2.75 bits per heavy atom. The summed E-state index contributed by atoms with van der Waals surface area (Å²) in [7, 11) is 1.85. The number of fused-ring (bicyclic) bond motifs is 1. The van der Waals surface area contributed by atoms with Crippen LogP contribution in [-0.4, -0.2) is 27.6 Å². The van der Waals surface area contributed by atoms with E-state index in [1.54, 1.807) is 4.68 Å². The molecule has 0 fully saturated rings. The Labute approximate surface area is 124 Å². The number of aryl methyl sites for hydroxylation is 1. The predicted molar refractivity (Wildman–Crippen MR) is 82.1 cm³/mol. The van der Waals surface area contributed by atoms with Crippen LogP contribution in [0.15, 0.2) is 24.3 Å². The lowest BCUT2D eigenvalue weighted by atomic mass is 10.0. The van der Waals surface area contributed by atoms with E-state index in [0.29, 0.717) is 17.5 Å². The lowest BCUT2D eigenvalue weighted by Crippen LogP contribution is -2.39. The van der Waals surface area contributed by atoms with Crippen molar-refractivity contribution in [3.05, 3.63) is 30.0 Å². The van der Waals surface area contributed by atoms with E-state index in [0.717, 1.165) is 17.3 Å². The molecule has 2 rings (SSSR count). The summed E-state index contributed by atoms with van der Waals surface area (Å²) in [5, 5.41) is 8.25. The van der Waals surface area contributed by atoms with Gasteiger partial charge in [0.15, 0.2) is 5.69 Å². The lowest BCUT2D eigenvalue weighted by molar-refractivity contribution is 0.0920. The maximum Gasteiger partial charge on any atom is 0.272 e. The average molecular weight is 294 g/mol. The van der Waals surface area contributed by atoms with Gasteiger partial charge in [-0.2, -0.15) is 5.10 Å². The molecule has 0 bridgehead atoms. The predicted octanol–water partition coefficient (Wildman–Crippen LogP) is 2.96. The minimum absolute atomic E-state index is 0.0702. The van der Waals surface area contributed by atoms with Crippen LogP contribution in [0.1, 0.15) is 30.8 Å². The van der Waals surface area contributed by atoms with Crippen molar-refractivity contribution < 1.29 is 4.79 Å². The minimum Gasteiger partial charge on any atom is -0.348 e. The summed E-state index contributed by atoms with van der Waals surface area (Å²) in [4.78, 5) is 12.4. The van der Waals surface area contributed by atoms with Crippen molar-refractivity contribution in [2.75, 3.05) is 5.88 Å². The number of hydrogen-bond donors (Lipinski definition) is 1. The van der Waals surface area contributed by atoms with Crippen LogP contribution in [0, 0.1) is 5.92 Å². The highest BCUT2D eigenvalue weighted by Gasteiger charge is 2.20. The summed E-state index contributed by atoms with van der Waals surface area (Å²) in [5.41, 5.74) is 1.43. The maximum atomic E-state index is 12.4. The topological polar surface area (TPSA) is 46.9 Å². The first-order valence-corrected chi connectivity index (χ1v) is 7.36. The summed E-state index contributed by atoms with van der Waals surface area (Å²) in [6.07, 6.45) is 0.760. The SMILES string of the molecule is CC(C)C(CCCl)NC(=O)c1nn(C)c2ccccc12. The highest BCUT2D eigenvalue weighted by atomic mass is 35.5. The maximum absolute atomic E-state index is 12.4. The van der Waals surface area contributed by atoms with Crippen LogP contribution in [0.2, 0.25) is 0 Å². The fraction of sp³-hybridized carbons (Fsp3) is 0.467. The number of nitrogens with zero attached hydrogens (tertiary/aromatic N) is 2. The van der Waals surface area contributed by atoms with Crippen LogP contribution in [0.3, 0.4) is 0 Å². The minimum atomic E-state index is -0.134. The van der Waals surface area contributed by atoms with Crippen molar-refractivity contribution in [3.63, 3.8) is 0 Å². The second-order valence-corrected chi connectivity index (χ2v) is 5.67. The molecule has 0 saturated heterocycles. The van der Waals surface area contributed by atoms with E-state index in [4.69, 9.17) is 11.6 Å². The molecule has 2 aromatic rings. The van der Waals surface area contributed by atoms with Crippen molar-refractivity contribution in [2.45, 2.75) is 26.3 Å². The Morgan fingerprint density at radius 1 is 1.40 bits per heavy atom. The monoisotopic (exact) mass is 293 g/mol. The van der Waals surface area contributed by atoms with Crippen molar-refractivity contribution in [1.82, 2.24) is 15.1 Å². The summed E-state index contributed by atoms with van der Waals surface area (Å²) in [6.45, 7) is 4.15. The molecule has 1 atom stereocenters. The Kier molecular flexibility index (Phi) is 4.65. The zero-order chi connectivity index (χ0) is 14.7. The number of carbonyl (C=O) groups excluding carboxylic acids is 1. The third kappa shape index (κ3) is 2.96. The summed E-state index contributed by atoms with van der Waals surface area (Å²) >= 11 is 5.80. The van der Waals surface area contributed by atoms with Crippen LogP contribution in [0.4, 0.5) is 0 Å². The fourth-order valence-electron chi connectivity index (χ4n) is 2.31. The van der Waals surface area contributed by atoms with Crippen LogP contribution in [0.25, 0.3) is 10.9 Å². The van der Waals surface area contributed by atoms with E-state index in [9.17, 15) is 4.79 Å². The molecule has 0 aliphatic rings. The standard InChI is InChI=1S/C15H20ClN3O/c1-10(2)12(8-9-16)17-15(20)14-11-6-4-5-7-13(11)19(3)18-14/h4-7,10,12H,8-9H2,1-3H3,(H,17,20). The van der Waals surface area contributed by atoms with Gasteiger partial charge in [-0.05, 0) is 18.4 Å². The lowest BCUT2D eigenvalue weighted by Gasteiger charge is -2.20. The Bertz CT molecular complexity index is 606. The van der Waals surface area contributed by atoms with Gasteiger partial charge in [-0.3, -0.25) is 9.48 Å². The van der Waals surface area contributed by atoms with Crippen LogP contribution in [0.5, 0.6) is 0 Å². The fourth-order valence-corrected chi connectivity index (χ4v) is 2.54. The number of rotatable bonds is 5. The Balaban J connectivity index is 2.27. The van der Waals surface area contributed by atoms with E-state index in [1.807, 2.05) is 31.3 Å². The van der Waals surface area contributed by atoms with E-state index < -0.39 is 0 Å².